The molecule has 2 nitrogen and oxygen atoms in total. The molecular weight excluding hydrogens is 174 g/mol. The lowest BCUT2D eigenvalue weighted by atomic mass is 9.55. The average molecular weight is 195 g/mol. The van der Waals surface area contributed by atoms with Crippen LogP contribution in [0.3, 0.4) is 0 Å². The molecule has 0 aromatic heterocycles. The summed E-state index contributed by atoms with van der Waals surface area (Å²) in [5.41, 5.74) is 0.348. The van der Waals surface area contributed by atoms with Crippen LogP contribution in [0.4, 0.5) is 0 Å². The van der Waals surface area contributed by atoms with Crippen molar-refractivity contribution in [3.63, 3.8) is 0 Å². The Morgan fingerprint density at radius 2 is 2.14 bits per heavy atom. The second kappa shape index (κ2) is 3.25. The van der Waals surface area contributed by atoms with E-state index in [0.717, 1.165) is 24.7 Å². The number of nitrogens with one attached hydrogen (secondary N) is 1. The van der Waals surface area contributed by atoms with Crippen molar-refractivity contribution in [2.45, 2.75) is 52.5 Å². The molecule has 1 aliphatic heterocycles. The Balaban J connectivity index is 2.01. The molecule has 14 heavy (non-hydrogen) atoms. The number of carbonyl (C=O) groups is 1. The van der Waals surface area contributed by atoms with Crippen LogP contribution in [0.2, 0.25) is 0 Å². The minimum Gasteiger partial charge on any atom is -0.353 e. The smallest absolute Gasteiger partial charge is 0.220 e. The van der Waals surface area contributed by atoms with Crippen LogP contribution in [0.15, 0.2) is 0 Å². The molecule has 1 saturated carbocycles. The number of hydrogen-bond donors (Lipinski definition) is 1. The predicted molar refractivity (Wildman–Crippen MR) is 56.8 cm³/mol. The molecule has 0 radical (unpaired) electrons. The third kappa shape index (κ3) is 1.35. The van der Waals surface area contributed by atoms with Crippen molar-refractivity contribution in [2.75, 3.05) is 0 Å². The molecule has 2 fully saturated rings. The van der Waals surface area contributed by atoms with Crippen molar-refractivity contribution < 1.29 is 4.79 Å². The van der Waals surface area contributed by atoms with Crippen molar-refractivity contribution in [2.24, 2.45) is 17.3 Å². The van der Waals surface area contributed by atoms with Gasteiger partial charge >= 0.3 is 0 Å². The van der Waals surface area contributed by atoms with Crippen LogP contribution in [0, 0.1) is 17.3 Å². The second-order valence-electron chi connectivity index (χ2n) is 5.48. The van der Waals surface area contributed by atoms with Crippen molar-refractivity contribution in [1.82, 2.24) is 5.32 Å². The Kier molecular flexibility index (Phi) is 2.32. The highest BCUT2D eigenvalue weighted by atomic mass is 16.2. The van der Waals surface area contributed by atoms with Crippen LogP contribution < -0.4 is 5.32 Å². The molecule has 1 heterocycles. The lowest BCUT2D eigenvalue weighted by Crippen LogP contribution is -2.47. The first-order chi connectivity index (χ1) is 6.57. The molecule has 2 heteroatoms. The molecule has 2 aliphatic rings. The van der Waals surface area contributed by atoms with E-state index in [1.807, 2.05) is 0 Å². The molecule has 1 spiro atoms. The monoisotopic (exact) mass is 195 g/mol. The molecule has 1 amide bonds. The van der Waals surface area contributed by atoms with Gasteiger partial charge in [-0.05, 0) is 36.5 Å². The van der Waals surface area contributed by atoms with E-state index < -0.39 is 0 Å². The van der Waals surface area contributed by atoms with Crippen LogP contribution in [0.1, 0.15) is 46.5 Å². The van der Waals surface area contributed by atoms with E-state index in [1.54, 1.807) is 0 Å². The fourth-order valence-electron chi connectivity index (χ4n) is 3.26. The number of hydrogen-bond acceptors (Lipinski definition) is 1. The molecule has 0 aromatic carbocycles. The molecule has 1 aliphatic carbocycles. The van der Waals surface area contributed by atoms with Gasteiger partial charge in [0.1, 0.15) is 0 Å². The fraction of sp³-hybridized carbons (Fsp3) is 0.917. The minimum atomic E-state index is 0.277. The highest BCUT2D eigenvalue weighted by molar-refractivity contribution is 5.80. The van der Waals surface area contributed by atoms with Crippen molar-refractivity contribution >= 4 is 5.91 Å². The minimum absolute atomic E-state index is 0.277. The van der Waals surface area contributed by atoms with Gasteiger partial charge in [-0.15, -0.1) is 0 Å². The summed E-state index contributed by atoms with van der Waals surface area (Å²) < 4.78 is 0. The first-order valence-corrected chi connectivity index (χ1v) is 5.87. The third-order valence-electron chi connectivity index (χ3n) is 4.28. The Hall–Kier alpha value is -0.530. The average Bonchev–Trinajstić information content (AvgIpc) is 2.38. The lowest BCUT2D eigenvalue weighted by molar-refractivity contribution is -0.120. The van der Waals surface area contributed by atoms with Crippen LogP contribution in [0.5, 0.6) is 0 Å². The van der Waals surface area contributed by atoms with E-state index in [2.05, 4.69) is 26.1 Å². The molecular formula is C12H21NO. The molecule has 1 atom stereocenters. The van der Waals surface area contributed by atoms with Gasteiger partial charge in [0.05, 0.1) is 0 Å². The summed E-state index contributed by atoms with van der Waals surface area (Å²) in [6.45, 7) is 6.77. The van der Waals surface area contributed by atoms with Gasteiger partial charge in [0.2, 0.25) is 5.91 Å². The maximum atomic E-state index is 11.4. The van der Waals surface area contributed by atoms with Gasteiger partial charge in [-0.25, -0.2) is 0 Å². The van der Waals surface area contributed by atoms with E-state index in [-0.39, 0.29) is 5.91 Å². The SMILES string of the molecule is CCC1NC(=O)CC12CC(C(C)C)C2. The quantitative estimate of drug-likeness (QED) is 0.720. The molecule has 2 rings (SSSR count). The van der Waals surface area contributed by atoms with Gasteiger partial charge in [0, 0.05) is 12.5 Å². The van der Waals surface area contributed by atoms with Crippen molar-refractivity contribution in [3.05, 3.63) is 0 Å². The van der Waals surface area contributed by atoms with E-state index in [0.29, 0.717) is 11.5 Å². The summed E-state index contributed by atoms with van der Waals surface area (Å²) in [6, 6.07) is 0.463. The summed E-state index contributed by atoms with van der Waals surface area (Å²) in [5.74, 6) is 1.92. The maximum absolute atomic E-state index is 11.4. The zero-order chi connectivity index (χ0) is 10.3. The van der Waals surface area contributed by atoms with Gasteiger partial charge in [-0.2, -0.15) is 0 Å². The Morgan fingerprint density at radius 3 is 2.64 bits per heavy atom. The first kappa shape index (κ1) is 10.0. The van der Waals surface area contributed by atoms with Crippen molar-refractivity contribution in [1.29, 1.82) is 0 Å². The molecule has 1 unspecified atom stereocenters. The molecule has 0 aromatic rings. The predicted octanol–water partition coefficient (Wildman–Crippen LogP) is 2.34. The number of carbonyl (C=O) groups excluding carboxylic acids is 1. The van der Waals surface area contributed by atoms with Crippen LogP contribution in [-0.2, 0) is 4.79 Å². The Labute approximate surface area is 86.5 Å². The topological polar surface area (TPSA) is 29.1 Å². The molecule has 0 bridgehead atoms. The summed E-state index contributed by atoms with van der Waals surface area (Å²) in [4.78, 5) is 11.4. The molecule has 80 valence electrons. The maximum Gasteiger partial charge on any atom is 0.220 e. The van der Waals surface area contributed by atoms with Crippen molar-refractivity contribution in [3.8, 4) is 0 Å². The van der Waals surface area contributed by atoms with E-state index in [4.69, 9.17) is 0 Å². The van der Waals surface area contributed by atoms with E-state index in [1.165, 1.54) is 12.8 Å². The highest BCUT2D eigenvalue weighted by Gasteiger charge is 2.54. The normalized spacial score (nSPS) is 41.6. The zero-order valence-corrected chi connectivity index (χ0v) is 9.47. The second-order valence-corrected chi connectivity index (χ2v) is 5.48. The van der Waals surface area contributed by atoms with Crippen LogP contribution >= 0.6 is 0 Å². The van der Waals surface area contributed by atoms with Gasteiger partial charge in [0.25, 0.3) is 0 Å². The van der Waals surface area contributed by atoms with Crippen LogP contribution in [0.25, 0.3) is 0 Å². The largest absolute Gasteiger partial charge is 0.353 e. The lowest BCUT2D eigenvalue weighted by Gasteiger charge is -2.49. The Morgan fingerprint density at radius 1 is 1.50 bits per heavy atom. The van der Waals surface area contributed by atoms with Gasteiger partial charge < -0.3 is 5.32 Å². The van der Waals surface area contributed by atoms with Gasteiger partial charge in [0.15, 0.2) is 0 Å². The zero-order valence-electron chi connectivity index (χ0n) is 9.47. The third-order valence-corrected chi connectivity index (χ3v) is 4.28. The first-order valence-electron chi connectivity index (χ1n) is 5.87. The number of rotatable bonds is 2. The summed E-state index contributed by atoms with van der Waals surface area (Å²) >= 11 is 0. The van der Waals surface area contributed by atoms with Gasteiger partial charge in [-0.1, -0.05) is 20.8 Å². The van der Waals surface area contributed by atoms with E-state index >= 15 is 0 Å². The molecule has 1 saturated heterocycles. The highest BCUT2D eigenvalue weighted by Crippen LogP contribution is 2.56. The summed E-state index contributed by atoms with van der Waals surface area (Å²) in [6.07, 6.45) is 4.41. The van der Waals surface area contributed by atoms with Crippen LogP contribution in [-0.4, -0.2) is 11.9 Å². The standard InChI is InChI=1S/C12H21NO/c1-4-10-12(7-11(14)13-10)5-9(6-12)8(2)3/h8-10H,4-7H2,1-3H3,(H,13,14). The number of amides is 1. The summed E-state index contributed by atoms with van der Waals surface area (Å²) in [5, 5.41) is 3.12. The summed E-state index contributed by atoms with van der Waals surface area (Å²) in [7, 11) is 0. The molecule has 1 N–H and O–H groups in total. The van der Waals surface area contributed by atoms with Gasteiger partial charge in [-0.3, -0.25) is 4.79 Å². The fourth-order valence-corrected chi connectivity index (χ4v) is 3.26. The van der Waals surface area contributed by atoms with E-state index in [9.17, 15) is 4.79 Å². The Bertz CT molecular complexity index is 241.